The molecule has 0 unspecified atom stereocenters. The van der Waals surface area contributed by atoms with Crippen molar-refractivity contribution in [2.45, 2.75) is 25.3 Å². The number of fused-ring (bicyclic) bond motifs is 1. The molecule has 3 heteroatoms. The number of nitrogens with zero attached hydrogens (tertiary/aromatic N) is 1. The van der Waals surface area contributed by atoms with Crippen LogP contribution in [0.2, 0.25) is 0 Å². The van der Waals surface area contributed by atoms with E-state index in [2.05, 4.69) is 28.4 Å². The highest BCUT2D eigenvalue weighted by Gasteiger charge is 2.23. The summed E-state index contributed by atoms with van der Waals surface area (Å²) in [4.78, 5) is 2.58. The second-order valence-electron chi connectivity index (χ2n) is 5.33. The lowest BCUT2D eigenvalue weighted by Gasteiger charge is -2.30. The highest BCUT2D eigenvalue weighted by molar-refractivity contribution is 5.39. The quantitative estimate of drug-likeness (QED) is 0.882. The predicted molar refractivity (Wildman–Crippen MR) is 73.1 cm³/mol. The first kappa shape index (κ1) is 12.0. The van der Waals surface area contributed by atoms with Gasteiger partial charge in [-0.1, -0.05) is 6.07 Å². The van der Waals surface area contributed by atoms with Crippen molar-refractivity contribution >= 4 is 0 Å². The van der Waals surface area contributed by atoms with Crippen LogP contribution >= 0.6 is 0 Å². The zero-order valence-corrected chi connectivity index (χ0v) is 11.1. The molecule has 3 nitrogen and oxygen atoms in total. The third kappa shape index (κ3) is 2.38. The van der Waals surface area contributed by atoms with Crippen LogP contribution in [0, 0.1) is 0 Å². The Morgan fingerprint density at radius 1 is 1.33 bits per heavy atom. The van der Waals surface area contributed by atoms with Crippen molar-refractivity contribution in [3.05, 3.63) is 29.3 Å². The van der Waals surface area contributed by atoms with Gasteiger partial charge in [0.25, 0.3) is 0 Å². The summed E-state index contributed by atoms with van der Waals surface area (Å²) in [5.74, 6) is 0.982. The maximum Gasteiger partial charge on any atom is 0.119 e. The molecular weight excluding hydrogens is 224 g/mol. The van der Waals surface area contributed by atoms with E-state index in [1.54, 1.807) is 7.11 Å². The summed E-state index contributed by atoms with van der Waals surface area (Å²) >= 11 is 0. The highest BCUT2D eigenvalue weighted by atomic mass is 16.5. The molecule has 0 aromatic heterocycles. The Morgan fingerprint density at radius 3 is 2.94 bits per heavy atom. The first-order valence-corrected chi connectivity index (χ1v) is 6.99. The lowest BCUT2D eigenvalue weighted by molar-refractivity contribution is 0.287. The van der Waals surface area contributed by atoms with Gasteiger partial charge in [0.1, 0.15) is 5.75 Å². The fourth-order valence-electron chi connectivity index (χ4n) is 3.14. The molecule has 1 aromatic rings. The van der Waals surface area contributed by atoms with Gasteiger partial charge < -0.3 is 15.0 Å². The van der Waals surface area contributed by atoms with Gasteiger partial charge in [-0.15, -0.1) is 0 Å². The largest absolute Gasteiger partial charge is 0.497 e. The lowest BCUT2D eigenvalue weighted by Crippen LogP contribution is -2.38. The number of ether oxygens (including phenoxy) is 1. The SMILES string of the molecule is COc1ccc2c(c1)CCN[C@H]2CN1CCCC1. The summed E-state index contributed by atoms with van der Waals surface area (Å²) in [5, 5.41) is 3.66. The van der Waals surface area contributed by atoms with Crippen molar-refractivity contribution in [3.63, 3.8) is 0 Å². The number of hydrogen-bond acceptors (Lipinski definition) is 3. The van der Waals surface area contributed by atoms with Crippen molar-refractivity contribution in [1.82, 2.24) is 10.2 Å². The van der Waals surface area contributed by atoms with Crippen LogP contribution in [0.25, 0.3) is 0 Å². The number of rotatable bonds is 3. The molecule has 0 saturated carbocycles. The van der Waals surface area contributed by atoms with Crippen LogP contribution in [0.4, 0.5) is 0 Å². The number of nitrogens with one attached hydrogen (secondary N) is 1. The zero-order valence-electron chi connectivity index (χ0n) is 11.1. The Balaban J connectivity index is 1.78. The maximum atomic E-state index is 5.32. The molecule has 2 heterocycles. The second-order valence-corrected chi connectivity index (χ2v) is 5.33. The number of likely N-dealkylation sites (tertiary alicyclic amines) is 1. The van der Waals surface area contributed by atoms with Gasteiger partial charge in [-0.2, -0.15) is 0 Å². The molecular formula is C15H22N2O. The van der Waals surface area contributed by atoms with Crippen LogP contribution in [-0.4, -0.2) is 38.2 Å². The van der Waals surface area contributed by atoms with Gasteiger partial charge in [-0.05, 0) is 62.2 Å². The van der Waals surface area contributed by atoms with Gasteiger partial charge >= 0.3 is 0 Å². The monoisotopic (exact) mass is 246 g/mol. The number of hydrogen-bond donors (Lipinski definition) is 1. The Labute approximate surface area is 109 Å². The first-order chi connectivity index (χ1) is 8.86. The van der Waals surface area contributed by atoms with Crippen LogP contribution in [0.1, 0.15) is 30.0 Å². The van der Waals surface area contributed by atoms with E-state index in [-0.39, 0.29) is 0 Å². The summed E-state index contributed by atoms with van der Waals surface area (Å²) in [6.45, 7) is 4.77. The number of benzene rings is 1. The Kier molecular flexibility index (Phi) is 3.52. The van der Waals surface area contributed by atoms with Gasteiger partial charge in [0.05, 0.1) is 7.11 Å². The average molecular weight is 246 g/mol. The second kappa shape index (κ2) is 5.29. The van der Waals surface area contributed by atoms with E-state index >= 15 is 0 Å². The molecule has 18 heavy (non-hydrogen) atoms. The molecule has 1 atom stereocenters. The van der Waals surface area contributed by atoms with Gasteiger partial charge in [-0.25, -0.2) is 0 Å². The smallest absolute Gasteiger partial charge is 0.119 e. The first-order valence-electron chi connectivity index (χ1n) is 6.99. The van der Waals surface area contributed by atoms with Gasteiger partial charge in [0.2, 0.25) is 0 Å². The average Bonchev–Trinajstić information content (AvgIpc) is 2.91. The molecule has 0 radical (unpaired) electrons. The fraction of sp³-hybridized carbons (Fsp3) is 0.600. The van der Waals surface area contributed by atoms with Crippen LogP contribution in [0.15, 0.2) is 18.2 Å². The number of methoxy groups -OCH3 is 1. The molecule has 1 fully saturated rings. The van der Waals surface area contributed by atoms with Crippen molar-refractivity contribution in [3.8, 4) is 5.75 Å². The van der Waals surface area contributed by atoms with E-state index in [9.17, 15) is 0 Å². The molecule has 98 valence electrons. The Hall–Kier alpha value is -1.06. The van der Waals surface area contributed by atoms with Crippen molar-refractivity contribution < 1.29 is 4.74 Å². The highest BCUT2D eigenvalue weighted by Crippen LogP contribution is 2.28. The molecule has 0 spiro atoms. The minimum atomic E-state index is 0.498. The molecule has 1 aromatic carbocycles. The lowest BCUT2D eigenvalue weighted by atomic mass is 9.94. The van der Waals surface area contributed by atoms with E-state index in [0.29, 0.717) is 6.04 Å². The minimum absolute atomic E-state index is 0.498. The summed E-state index contributed by atoms with van der Waals surface area (Å²) in [5.41, 5.74) is 2.92. The Morgan fingerprint density at radius 2 is 2.17 bits per heavy atom. The van der Waals surface area contributed by atoms with E-state index in [4.69, 9.17) is 4.74 Å². The predicted octanol–water partition coefficient (Wildman–Crippen LogP) is 1.98. The molecule has 3 rings (SSSR count). The minimum Gasteiger partial charge on any atom is -0.497 e. The van der Waals surface area contributed by atoms with E-state index < -0.39 is 0 Å². The molecule has 2 aliphatic rings. The third-order valence-electron chi connectivity index (χ3n) is 4.15. The molecule has 1 N–H and O–H groups in total. The zero-order chi connectivity index (χ0) is 12.4. The standard InChI is InChI=1S/C15H22N2O/c1-18-13-4-5-14-12(10-13)6-7-16-15(14)11-17-8-2-3-9-17/h4-5,10,15-16H,2-3,6-9,11H2,1H3/t15-/m0/s1. The normalized spacial score (nSPS) is 23.9. The van der Waals surface area contributed by atoms with Gasteiger partial charge in [0.15, 0.2) is 0 Å². The van der Waals surface area contributed by atoms with E-state index in [1.165, 1.54) is 37.1 Å². The summed E-state index contributed by atoms with van der Waals surface area (Å²) in [6, 6.07) is 7.02. The maximum absolute atomic E-state index is 5.32. The molecule has 1 saturated heterocycles. The topological polar surface area (TPSA) is 24.5 Å². The molecule has 0 aliphatic carbocycles. The van der Waals surface area contributed by atoms with Crippen LogP contribution in [0.5, 0.6) is 5.75 Å². The summed E-state index contributed by atoms with van der Waals surface area (Å²) in [6.07, 6.45) is 3.84. The van der Waals surface area contributed by atoms with E-state index in [0.717, 1.165) is 25.3 Å². The van der Waals surface area contributed by atoms with Crippen molar-refractivity contribution in [2.24, 2.45) is 0 Å². The van der Waals surface area contributed by atoms with Gasteiger partial charge in [0, 0.05) is 12.6 Å². The Bertz CT molecular complexity index is 413. The van der Waals surface area contributed by atoms with Crippen molar-refractivity contribution in [2.75, 3.05) is 33.3 Å². The van der Waals surface area contributed by atoms with E-state index in [1.807, 2.05) is 0 Å². The summed E-state index contributed by atoms with van der Waals surface area (Å²) in [7, 11) is 1.74. The third-order valence-corrected chi connectivity index (χ3v) is 4.15. The van der Waals surface area contributed by atoms with Crippen LogP contribution < -0.4 is 10.1 Å². The van der Waals surface area contributed by atoms with Crippen LogP contribution in [0.3, 0.4) is 0 Å². The fourth-order valence-corrected chi connectivity index (χ4v) is 3.14. The van der Waals surface area contributed by atoms with Crippen molar-refractivity contribution in [1.29, 1.82) is 0 Å². The van der Waals surface area contributed by atoms with Gasteiger partial charge in [-0.3, -0.25) is 0 Å². The molecule has 2 aliphatic heterocycles. The van der Waals surface area contributed by atoms with Crippen LogP contribution in [-0.2, 0) is 6.42 Å². The summed E-state index contributed by atoms with van der Waals surface area (Å²) < 4.78 is 5.32. The molecule has 0 bridgehead atoms. The molecule has 0 amide bonds.